The van der Waals surface area contributed by atoms with Crippen LogP contribution >= 0.6 is 23.1 Å². The number of nitrogens with zero attached hydrogens (tertiary/aromatic N) is 2. The number of guanidine groups is 1. The zero-order valence-electron chi connectivity index (χ0n) is 12.3. The van der Waals surface area contributed by atoms with E-state index in [4.69, 9.17) is 0 Å². The molecule has 1 aromatic heterocycles. The van der Waals surface area contributed by atoms with Gasteiger partial charge in [0, 0.05) is 30.3 Å². The first-order chi connectivity index (χ1) is 10.3. The van der Waals surface area contributed by atoms with Crippen molar-refractivity contribution in [2.75, 3.05) is 25.6 Å². The third kappa shape index (κ3) is 5.06. The van der Waals surface area contributed by atoms with Crippen LogP contribution in [0.1, 0.15) is 5.69 Å². The molecule has 2 N–H and O–H groups in total. The summed E-state index contributed by atoms with van der Waals surface area (Å²) in [5, 5.41) is 9.70. The van der Waals surface area contributed by atoms with Crippen LogP contribution in [0.2, 0.25) is 0 Å². The van der Waals surface area contributed by atoms with E-state index in [1.165, 1.54) is 0 Å². The molecule has 2 aromatic rings. The molecule has 1 heterocycles. The average molecular weight is 320 g/mol. The second kappa shape index (κ2) is 8.69. The number of nitrogens with one attached hydrogen (secondary N) is 2. The molecule has 0 radical (unpaired) electrons. The molecule has 0 bridgehead atoms. The van der Waals surface area contributed by atoms with Gasteiger partial charge >= 0.3 is 0 Å². The van der Waals surface area contributed by atoms with Crippen molar-refractivity contribution in [1.82, 2.24) is 15.6 Å². The van der Waals surface area contributed by atoms with Gasteiger partial charge in [0.2, 0.25) is 0 Å². The van der Waals surface area contributed by atoms with Gasteiger partial charge in [-0.1, -0.05) is 30.3 Å². The van der Waals surface area contributed by atoms with Crippen molar-refractivity contribution in [3.05, 3.63) is 41.4 Å². The van der Waals surface area contributed by atoms with E-state index in [9.17, 15) is 0 Å². The molecule has 2 rings (SSSR count). The molecule has 0 spiro atoms. The lowest BCUT2D eigenvalue weighted by Crippen LogP contribution is -2.38. The van der Waals surface area contributed by atoms with Gasteiger partial charge < -0.3 is 10.6 Å². The van der Waals surface area contributed by atoms with E-state index in [0.29, 0.717) is 6.54 Å². The number of hydrogen-bond donors (Lipinski definition) is 2. The van der Waals surface area contributed by atoms with Crippen molar-refractivity contribution >= 4 is 29.1 Å². The summed E-state index contributed by atoms with van der Waals surface area (Å²) in [5.74, 6) is 1.88. The summed E-state index contributed by atoms with van der Waals surface area (Å²) in [5.41, 5.74) is 2.20. The van der Waals surface area contributed by atoms with Gasteiger partial charge in [-0.2, -0.15) is 11.8 Å². The van der Waals surface area contributed by atoms with Crippen molar-refractivity contribution in [2.45, 2.75) is 6.54 Å². The second-order valence-corrected chi connectivity index (χ2v) is 6.20. The summed E-state index contributed by atoms with van der Waals surface area (Å²) in [6.07, 6.45) is 2.10. The molecule has 112 valence electrons. The number of thioether (sulfide) groups is 1. The zero-order chi connectivity index (χ0) is 14.9. The first-order valence-corrected chi connectivity index (χ1v) is 9.04. The van der Waals surface area contributed by atoms with Gasteiger partial charge in [0.1, 0.15) is 5.01 Å². The van der Waals surface area contributed by atoms with Crippen molar-refractivity contribution in [1.29, 1.82) is 0 Å². The predicted octanol–water partition coefficient (Wildman–Crippen LogP) is 2.84. The Morgan fingerprint density at radius 2 is 2.10 bits per heavy atom. The molecule has 4 nitrogen and oxygen atoms in total. The highest BCUT2D eigenvalue weighted by Crippen LogP contribution is 2.22. The third-order valence-corrected chi connectivity index (χ3v) is 4.38. The van der Waals surface area contributed by atoms with Gasteiger partial charge in [0.15, 0.2) is 5.96 Å². The lowest BCUT2D eigenvalue weighted by Gasteiger charge is -2.10. The van der Waals surface area contributed by atoms with Crippen LogP contribution in [-0.2, 0) is 6.54 Å². The fraction of sp³-hybridized carbons (Fsp3) is 0.333. The van der Waals surface area contributed by atoms with Crippen molar-refractivity contribution in [3.63, 3.8) is 0 Å². The number of aliphatic imine (C=N–C) groups is 1. The van der Waals surface area contributed by atoms with Crippen LogP contribution in [0.5, 0.6) is 0 Å². The Balaban J connectivity index is 1.88. The van der Waals surface area contributed by atoms with Gasteiger partial charge in [0.05, 0.1) is 12.2 Å². The molecule has 0 amide bonds. The smallest absolute Gasteiger partial charge is 0.191 e. The average Bonchev–Trinajstić information content (AvgIpc) is 3.00. The summed E-state index contributed by atoms with van der Waals surface area (Å²) >= 11 is 3.48. The maximum absolute atomic E-state index is 4.65. The Bertz CT molecular complexity index is 566. The molecule has 0 aliphatic heterocycles. The van der Waals surface area contributed by atoms with Crippen molar-refractivity contribution in [3.8, 4) is 10.6 Å². The van der Waals surface area contributed by atoms with Crippen LogP contribution in [0.3, 0.4) is 0 Å². The number of hydrogen-bond acceptors (Lipinski definition) is 4. The Hall–Kier alpha value is -1.53. The Morgan fingerprint density at radius 1 is 1.29 bits per heavy atom. The largest absolute Gasteiger partial charge is 0.356 e. The molecule has 0 saturated heterocycles. The Kier molecular flexibility index (Phi) is 6.56. The molecule has 0 atom stereocenters. The summed E-state index contributed by atoms with van der Waals surface area (Å²) in [7, 11) is 1.78. The highest BCUT2D eigenvalue weighted by atomic mass is 32.2. The first kappa shape index (κ1) is 15.9. The van der Waals surface area contributed by atoms with E-state index in [1.807, 2.05) is 30.0 Å². The Morgan fingerprint density at radius 3 is 2.81 bits per heavy atom. The lowest BCUT2D eigenvalue weighted by molar-refractivity contribution is 0.818. The minimum Gasteiger partial charge on any atom is -0.356 e. The van der Waals surface area contributed by atoms with E-state index in [0.717, 1.165) is 34.5 Å². The van der Waals surface area contributed by atoms with E-state index in [1.54, 1.807) is 18.4 Å². The molecular weight excluding hydrogens is 300 g/mol. The van der Waals surface area contributed by atoms with E-state index in [2.05, 4.69) is 44.4 Å². The van der Waals surface area contributed by atoms with Gasteiger partial charge in [0.25, 0.3) is 0 Å². The van der Waals surface area contributed by atoms with Gasteiger partial charge in [-0.3, -0.25) is 4.99 Å². The van der Waals surface area contributed by atoms with Crippen LogP contribution in [-0.4, -0.2) is 36.5 Å². The normalized spacial score (nSPS) is 11.4. The molecule has 21 heavy (non-hydrogen) atoms. The molecule has 0 fully saturated rings. The third-order valence-electron chi connectivity index (χ3n) is 2.83. The van der Waals surface area contributed by atoms with E-state index >= 15 is 0 Å². The molecule has 0 unspecified atom stereocenters. The van der Waals surface area contributed by atoms with Crippen LogP contribution in [0.4, 0.5) is 0 Å². The van der Waals surface area contributed by atoms with Crippen molar-refractivity contribution in [2.24, 2.45) is 4.99 Å². The monoisotopic (exact) mass is 320 g/mol. The Labute approximate surface area is 134 Å². The summed E-state index contributed by atoms with van der Waals surface area (Å²) in [4.78, 5) is 8.85. The van der Waals surface area contributed by atoms with E-state index < -0.39 is 0 Å². The SMILES string of the molecule is CN=C(NCCSC)NCc1csc(-c2ccccc2)n1. The van der Waals surface area contributed by atoms with Gasteiger partial charge in [-0.15, -0.1) is 11.3 Å². The molecular formula is C15H20N4S2. The maximum atomic E-state index is 4.65. The second-order valence-electron chi connectivity index (χ2n) is 4.36. The topological polar surface area (TPSA) is 49.3 Å². The standard InChI is InChI=1S/C15H20N4S2/c1-16-15(17-8-9-20-2)18-10-13-11-21-14(19-13)12-6-4-3-5-7-12/h3-7,11H,8-10H2,1-2H3,(H2,16,17,18). The molecule has 0 aliphatic rings. The highest BCUT2D eigenvalue weighted by Gasteiger charge is 2.05. The fourth-order valence-corrected chi connectivity index (χ4v) is 2.90. The van der Waals surface area contributed by atoms with Gasteiger partial charge in [-0.25, -0.2) is 4.98 Å². The van der Waals surface area contributed by atoms with Crippen LogP contribution < -0.4 is 10.6 Å². The van der Waals surface area contributed by atoms with Crippen LogP contribution in [0.15, 0.2) is 40.7 Å². The number of aromatic nitrogens is 1. The predicted molar refractivity (Wildman–Crippen MR) is 94.1 cm³/mol. The van der Waals surface area contributed by atoms with E-state index in [-0.39, 0.29) is 0 Å². The number of benzene rings is 1. The maximum Gasteiger partial charge on any atom is 0.191 e. The van der Waals surface area contributed by atoms with Crippen LogP contribution in [0, 0.1) is 0 Å². The fourth-order valence-electron chi connectivity index (χ4n) is 1.77. The molecule has 1 aromatic carbocycles. The highest BCUT2D eigenvalue weighted by molar-refractivity contribution is 7.98. The first-order valence-electron chi connectivity index (χ1n) is 6.76. The summed E-state index contributed by atoms with van der Waals surface area (Å²) in [6.45, 7) is 1.59. The molecule has 6 heteroatoms. The lowest BCUT2D eigenvalue weighted by atomic mass is 10.2. The van der Waals surface area contributed by atoms with Crippen molar-refractivity contribution < 1.29 is 0 Å². The number of rotatable bonds is 6. The minimum atomic E-state index is 0.683. The minimum absolute atomic E-state index is 0.683. The quantitative estimate of drug-likeness (QED) is 0.488. The van der Waals surface area contributed by atoms with Gasteiger partial charge in [-0.05, 0) is 6.26 Å². The summed E-state index contributed by atoms with van der Waals surface area (Å²) < 4.78 is 0. The van der Waals surface area contributed by atoms with Crippen LogP contribution in [0.25, 0.3) is 10.6 Å². The zero-order valence-corrected chi connectivity index (χ0v) is 13.9. The molecule has 0 aliphatic carbocycles. The number of thiazole rings is 1. The molecule has 0 saturated carbocycles. The summed E-state index contributed by atoms with van der Waals surface area (Å²) in [6, 6.07) is 10.3.